The summed E-state index contributed by atoms with van der Waals surface area (Å²) in [5.74, 6) is 0.216. The monoisotopic (exact) mass is 353 g/mol. The van der Waals surface area contributed by atoms with Crippen LogP contribution in [0.25, 0.3) is 0 Å². The minimum Gasteiger partial charge on any atom is -0.496 e. The molecule has 0 aliphatic heterocycles. The molecule has 1 N–H and O–H groups in total. The van der Waals surface area contributed by atoms with Gasteiger partial charge in [0.15, 0.2) is 0 Å². The first kappa shape index (κ1) is 17.3. The van der Waals surface area contributed by atoms with Gasteiger partial charge >= 0.3 is 0 Å². The number of hydrogen-bond acceptors (Lipinski definition) is 4. The van der Waals surface area contributed by atoms with Crippen molar-refractivity contribution < 1.29 is 17.9 Å². The quantitative estimate of drug-likeness (QED) is 0.839. The van der Waals surface area contributed by atoms with Crippen LogP contribution in [0, 0.1) is 6.92 Å². The molecule has 2 aromatic carbocycles. The van der Waals surface area contributed by atoms with Crippen LogP contribution in [0.1, 0.15) is 21.5 Å². The van der Waals surface area contributed by atoms with E-state index in [1.165, 1.54) is 25.3 Å². The van der Waals surface area contributed by atoms with E-state index in [9.17, 15) is 13.2 Å². The molecule has 0 saturated heterocycles. The molecule has 0 aromatic heterocycles. The Kier molecular flexibility index (Phi) is 5.28. The fraction of sp³-hybridized carbons (Fsp3) is 0.188. The molecule has 0 unspecified atom stereocenters. The molecule has 0 aliphatic rings. The Morgan fingerprint density at radius 2 is 1.96 bits per heavy atom. The van der Waals surface area contributed by atoms with Gasteiger partial charge in [-0.2, -0.15) is 0 Å². The Morgan fingerprint density at radius 1 is 1.22 bits per heavy atom. The van der Waals surface area contributed by atoms with Gasteiger partial charge in [-0.1, -0.05) is 17.7 Å². The number of carbonyl (C=O) groups is 1. The molecule has 1 amide bonds. The molecule has 2 aromatic rings. The predicted molar refractivity (Wildman–Crippen MR) is 88.4 cm³/mol. The summed E-state index contributed by atoms with van der Waals surface area (Å²) in [6.07, 6.45) is 0. The second-order valence-electron chi connectivity index (χ2n) is 4.96. The van der Waals surface area contributed by atoms with E-state index >= 15 is 0 Å². The minimum absolute atomic E-state index is 0.0419. The van der Waals surface area contributed by atoms with Crippen LogP contribution in [0.4, 0.5) is 0 Å². The molecule has 0 fully saturated rings. The minimum atomic E-state index is -3.84. The Bertz CT molecular complexity index is 834. The highest BCUT2D eigenvalue weighted by atomic mass is 35.7. The van der Waals surface area contributed by atoms with E-state index in [1.807, 2.05) is 13.0 Å². The Morgan fingerprint density at radius 3 is 2.57 bits per heavy atom. The molecule has 0 spiro atoms. The SMILES string of the molecule is COc1ccc(S(=O)(=O)Cl)cc1CNC(=O)c1cccc(C)c1. The standard InChI is InChI=1S/C16H16ClNO4S/c1-11-4-3-5-12(8-11)16(19)18-10-13-9-14(23(17,20)21)6-7-15(13)22-2/h3-9H,10H2,1-2H3,(H,18,19). The summed E-state index contributed by atoms with van der Waals surface area (Å²) in [7, 11) is 2.97. The maximum Gasteiger partial charge on any atom is 0.261 e. The van der Waals surface area contributed by atoms with E-state index in [-0.39, 0.29) is 17.3 Å². The van der Waals surface area contributed by atoms with Crippen LogP contribution in [0.2, 0.25) is 0 Å². The van der Waals surface area contributed by atoms with Gasteiger partial charge in [0.1, 0.15) is 5.75 Å². The number of nitrogens with one attached hydrogen (secondary N) is 1. The fourth-order valence-corrected chi connectivity index (χ4v) is 2.91. The largest absolute Gasteiger partial charge is 0.496 e. The molecule has 2 rings (SSSR count). The van der Waals surface area contributed by atoms with Crippen molar-refractivity contribution >= 4 is 25.6 Å². The van der Waals surface area contributed by atoms with Crippen LogP contribution in [-0.2, 0) is 15.6 Å². The molecule has 5 nitrogen and oxygen atoms in total. The zero-order chi connectivity index (χ0) is 17.0. The van der Waals surface area contributed by atoms with E-state index < -0.39 is 9.05 Å². The average Bonchev–Trinajstić information content (AvgIpc) is 2.51. The van der Waals surface area contributed by atoms with Gasteiger partial charge in [0.05, 0.1) is 12.0 Å². The summed E-state index contributed by atoms with van der Waals surface area (Å²) < 4.78 is 28.0. The fourth-order valence-electron chi connectivity index (χ4n) is 2.11. The smallest absolute Gasteiger partial charge is 0.261 e. The van der Waals surface area contributed by atoms with Crippen molar-refractivity contribution in [2.24, 2.45) is 0 Å². The molecular weight excluding hydrogens is 338 g/mol. The summed E-state index contributed by atoms with van der Waals surface area (Å²) in [4.78, 5) is 12.1. The number of hydrogen-bond donors (Lipinski definition) is 1. The van der Waals surface area contributed by atoms with Crippen molar-refractivity contribution in [3.8, 4) is 5.75 Å². The molecule has 0 saturated carbocycles. The van der Waals surface area contributed by atoms with Crippen LogP contribution in [-0.4, -0.2) is 21.4 Å². The summed E-state index contributed by atoms with van der Waals surface area (Å²) in [5.41, 5.74) is 2.03. The maximum absolute atomic E-state index is 12.2. The number of rotatable bonds is 5. The second kappa shape index (κ2) is 7.02. The molecule has 0 radical (unpaired) electrons. The lowest BCUT2D eigenvalue weighted by molar-refractivity contribution is 0.0950. The number of ether oxygens (including phenoxy) is 1. The van der Waals surface area contributed by atoms with Crippen molar-refractivity contribution in [2.45, 2.75) is 18.4 Å². The molecule has 0 atom stereocenters. The number of methoxy groups -OCH3 is 1. The first-order valence-electron chi connectivity index (χ1n) is 6.77. The van der Waals surface area contributed by atoms with Crippen LogP contribution in [0.15, 0.2) is 47.4 Å². The molecule has 0 aliphatic carbocycles. The molecule has 23 heavy (non-hydrogen) atoms. The van der Waals surface area contributed by atoms with Gasteiger partial charge in [0.2, 0.25) is 0 Å². The van der Waals surface area contributed by atoms with Crippen molar-refractivity contribution in [3.05, 3.63) is 59.2 Å². The normalized spacial score (nSPS) is 11.1. The zero-order valence-electron chi connectivity index (χ0n) is 12.7. The first-order chi connectivity index (χ1) is 10.8. The van der Waals surface area contributed by atoms with Crippen molar-refractivity contribution in [1.82, 2.24) is 5.32 Å². The lowest BCUT2D eigenvalue weighted by Crippen LogP contribution is -2.23. The second-order valence-corrected chi connectivity index (χ2v) is 7.53. The van der Waals surface area contributed by atoms with Gasteiger partial charge in [-0.05, 0) is 37.3 Å². The number of amides is 1. The highest BCUT2D eigenvalue weighted by molar-refractivity contribution is 8.13. The summed E-state index contributed by atoms with van der Waals surface area (Å²) in [6, 6.07) is 11.4. The lowest BCUT2D eigenvalue weighted by atomic mass is 10.1. The first-order valence-corrected chi connectivity index (χ1v) is 9.08. The number of aryl methyl sites for hydroxylation is 1. The van der Waals surface area contributed by atoms with E-state index in [2.05, 4.69) is 5.32 Å². The summed E-state index contributed by atoms with van der Waals surface area (Å²) in [6.45, 7) is 2.02. The zero-order valence-corrected chi connectivity index (χ0v) is 14.2. The lowest BCUT2D eigenvalue weighted by Gasteiger charge is -2.11. The van der Waals surface area contributed by atoms with Gasteiger partial charge in [-0.15, -0.1) is 0 Å². The number of carbonyl (C=O) groups excluding carboxylic acids is 1. The van der Waals surface area contributed by atoms with E-state index in [0.717, 1.165) is 5.56 Å². The van der Waals surface area contributed by atoms with Crippen LogP contribution >= 0.6 is 10.7 Å². The van der Waals surface area contributed by atoms with Gasteiger partial charge in [0.25, 0.3) is 15.0 Å². The average molecular weight is 354 g/mol. The molecule has 0 bridgehead atoms. The van der Waals surface area contributed by atoms with Crippen molar-refractivity contribution in [3.63, 3.8) is 0 Å². The number of halogens is 1. The Labute approximate surface area is 139 Å². The maximum atomic E-state index is 12.2. The Balaban J connectivity index is 2.20. The van der Waals surface area contributed by atoms with E-state index in [0.29, 0.717) is 16.9 Å². The predicted octanol–water partition coefficient (Wildman–Crippen LogP) is 2.86. The van der Waals surface area contributed by atoms with Gasteiger partial charge < -0.3 is 10.1 Å². The molecule has 122 valence electrons. The van der Waals surface area contributed by atoms with E-state index in [1.54, 1.807) is 18.2 Å². The third-order valence-electron chi connectivity index (χ3n) is 3.25. The van der Waals surface area contributed by atoms with Gasteiger partial charge in [0, 0.05) is 28.4 Å². The van der Waals surface area contributed by atoms with E-state index in [4.69, 9.17) is 15.4 Å². The van der Waals surface area contributed by atoms with Gasteiger partial charge in [-0.25, -0.2) is 8.42 Å². The summed E-state index contributed by atoms with van der Waals surface area (Å²) in [5, 5.41) is 2.74. The van der Waals surface area contributed by atoms with Crippen molar-refractivity contribution in [1.29, 1.82) is 0 Å². The van der Waals surface area contributed by atoms with Crippen LogP contribution in [0.5, 0.6) is 5.75 Å². The third-order valence-corrected chi connectivity index (χ3v) is 4.60. The van der Waals surface area contributed by atoms with Crippen LogP contribution in [0.3, 0.4) is 0 Å². The topological polar surface area (TPSA) is 72.5 Å². The highest BCUT2D eigenvalue weighted by Gasteiger charge is 2.14. The van der Waals surface area contributed by atoms with Crippen molar-refractivity contribution in [2.75, 3.05) is 7.11 Å². The molecule has 0 heterocycles. The molecular formula is C16H16ClNO4S. The number of benzene rings is 2. The third kappa shape index (κ3) is 4.46. The summed E-state index contributed by atoms with van der Waals surface area (Å²) >= 11 is 0. The Hall–Kier alpha value is -2.05. The molecule has 7 heteroatoms. The van der Waals surface area contributed by atoms with Gasteiger partial charge in [-0.3, -0.25) is 4.79 Å². The highest BCUT2D eigenvalue weighted by Crippen LogP contribution is 2.24. The van der Waals surface area contributed by atoms with Crippen LogP contribution < -0.4 is 10.1 Å².